The molecule has 0 N–H and O–H groups in total. The third-order valence-electron chi connectivity index (χ3n) is 3.74. The molecule has 0 aliphatic rings. The molecule has 0 radical (unpaired) electrons. The maximum Gasteiger partial charge on any atom is 0.141 e. The maximum absolute atomic E-state index is 13.4. The van der Waals surface area contributed by atoms with Crippen molar-refractivity contribution in [3.8, 4) is 5.69 Å². The number of hydrogen-bond donors (Lipinski definition) is 0. The summed E-state index contributed by atoms with van der Waals surface area (Å²) in [7, 11) is 0. The van der Waals surface area contributed by atoms with Crippen molar-refractivity contribution in [2.45, 2.75) is 0 Å². The maximum atomic E-state index is 13.4. The first kappa shape index (κ1) is 12.4. The zero-order chi connectivity index (χ0) is 14.4. The van der Waals surface area contributed by atoms with Gasteiger partial charge in [-0.2, -0.15) is 0 Å². The molecule has 0 atom stereocenters. The average Bonchev–Trinajstić information content (AvgIpc) is 2.85. The fourth-order valence-corrected chi connectivity index (χ4v) is 3.00. The molecule has 4 rings (SSSR count). The van der Waals surface area contributed by atoms with Crippen LogP contribution in [0.3, 0.4) is 0 Å². The van der Waals surface area contributed by atoms with Gasteiger partial charge in [-0.05, 0) is 30.3 Å². The summed E-state index contributed by atoms with van der Waals surface area (Å²) in [5.74, 6) is -0.402. The second-order valence-electron chi connectivity index (χ2n) is 4.97. The van der Waals surface area contributed by atoms with Crippen LogP contribution in [0.1, 0.15) is 0 Å². The Kier molecular flexibility index (Phi) is 2.72. The number of aromatic nitrogens is 1. The molecular weight excluding hydrogens is 285 g/mol. The van der Waals surface area contributed by atoms with Gasteiger partial charge in [-0.1, -0.05) is 48.0 Å². The van der Waals surface area contributed by atoms with Crippen LogP contribution in [0.2, 0.25) is 5.02 Å². The molecule has 102 valence electrons. The van der Waals surface area contributed by atoms with E-state index in [1.807, 2.05) is 24.3 Å². The van der Waals surface area contributed by atoms with E-state index in [4.69, 9.17) is 11.6 Å². The van der Waals surface area contributed by atoms with Crippen molar-refractivity contribution in [3.05, 3.63) is 77.6 Å². The highest BCUT2D eigenvalue weighted by Gasteiger charge is 2.12. The minimum Gasteiger partial charge on any atom is -0.309 e. The van der Waals surface area contributed by atoms with Gasteiger partial charge < -0.3 is 4.57 Å². The zero-order valence-electron chi connectivity index (χ0n) is 11.1. The fraction of sp³-hybridized carbons (Fsp3) is 0. The molecule has 21 heavy (non-hydrogen) atoms. The summed E-state index contributed by atoms with van der Waals surface area (Å²) in [5.41, 5.74) is 3.03. The van der Waals surface area contributed by atoms with E-state index in [2.05, 4.69) is 28.8 Å². The number of hydrogen-bond acceptors (Lipinski definition) is 0. The first-order chi connectivity index (χ1) is 10.3. The van der Waals surface area contributed by atoms with Gasteiger partial charge in [0.15, 0.2) is 0 Å². The van der Waals surface area contributed by atoms with Crippen molar-refractivity contribution in [3.63, 3.8) is 0 Å². The average molecular weight is 296 g/mol. The van der Waals surface area contributed by atoms with Gasteiger partial charge >= 0.3 is 0 Å². The molecule has 1 nitrogen and oxygen atoms in total. The van der Waals surface area contributed by atoms with Crippen LogP contribution >= 0.6 is 11.6 Å². The molecular formula is C18H11ClFN. The molecule has 0 bridgehead atoms. The van der Waals surface area contributed by atoms with Crippen molar-refractivity contribution in [1.82, 2.24) is 4.57 Å². The van der Waals surface area contributed by atoms with Crippen molar-refractivity contribution in [1.29, 1.82) is 0 Å². The Hall–Kier alpha value is -2.32. The molecule has 4 aromatic rings. The molecule has 0 aliphatic heterocycles. The SMILES string of the molecule is Fc1ccc(-n2c3ccccc3c3ccccc32)cc1Cl. The van der Waals surface area contributed by atoms with E-state index in [0.717, 1.165) is 16.7 Å². The van der Waals surface area contributed by atoms with Crippen LogP contribution in [-0.2, 0) is 0 Å². The van der Waals surface area contributed by atoms with E-state index in [1.54, 1.807) is 12.1 Å². The third-order valence-corrected chi connectivity index (χ3v) is 4.03. The Morgan fingerprint density at radius 3 is 1.90 bits per heavy atom. The van der Waals surface area contributed by atoms with Gasteiger partial charge in [-0.15, -0.1) is 0 Å². The van der Waals surface area contributed by atoms with Gasteiger partial charge in [0.25, 0.3) is 0 Å². The van der Waals surface area contributed by atoms with Gasteiger partial charge in [0, 0.05) is 16.5 Å². The highest BCUT2D eigenvalue weighted by molar-refractivity contribution is 6.31. The van der Waals surface area contributed by atoms with Gasteiger partial charge in [-0.3, -0.25) is 0 Å². The second-order valence-corrected chi connectivity index (χ2v) is 5.38. The predicted octanol–water partition coefficient (Wildman–Crippen LogP) is 5.58. The van der Waals surface area contributed by atoms with E-state index >= 15 is 0 Å². The van der Waals surface area contributed by atoms with Crippen LogP contribution in [0.15, 0.2) is 66.7 Å². The largest absolute Gasteiger partial charge is 0.309 e. The smallest absolute Gasteiger partial charge is 0.141 e. The summed E-state index contributed by atoms with van der Waals surface area (Å²) in [5, 5.41) is 2.48. The van der Waals surface area contributed by atoms with Gasteiger partial charge in [0.1, 0.15) is 5.82 Å². The van der Waals surface area contributed by atoms with Crippen LogP contribution in [0.25, 0.3) is 27.5 Å². The highest BCUT2D eigenvalue weighted by atomic mass is 35.5. The van der Waals surface area contributed by atoms with Gasteiger partial charge in [-0.25, -0.2) is 4.39 Å². The molecule has 0 amide bonds. The van der Waals surface area contributed by atoms with E-state index in [9.17, 15) is 4.39 Å². The summed E-state index contributed by atoms with van der Waals surface area (Å²) < 4.78 is 15.5. The molecule has 1 aromatic heterocycles. The normalized spacial score (nSPS) is 11.3. The number of para-hydroxylation sites is 2. The van der Waals surface area contributed by atoms with E-state index in [-0.39, 0.29) is 5.02 Å². The number of halogens is 2. The lowest BCUT2D eigenvalue weighted by atomic mass is 10.2. The third kappa shape index (κ3) is 1.83. The second kappa shape index (κ2) is 4.61. The summed E-state index contributed by atoms with van der Waals surface area (Å²) >= 11 is 5.94. The number of fused-ring (bicyclic) bond motifs is 3. The lowest BCUT2D eigenvalue weighted by Gasteiger charge is -2.08. The van der Waals surface area contributed by atoms with Crippen LogP contribution in [0.4, 0.5) is 4.39 Å². The minimum atomic E-state index is -0.402. The van der Waals surface area contributed by atoms with Crippen LogP contribution in [0.5, 0.6) is 0 Å². The van der Waals surface area contributed by atoms with Gasteiger partial charge in [0.2, 0.25) is 0 Å². The Balaban J connectivity index is 2.17. The monoisotopic (exact) mass is 295 g/mol. The summed E-state index contributed by atoms with van der Waals surface area (Å²) in [6, 6.07) is 21.2. The Bertz CT molecular complexity index is 918. The first-order valence-electron chi connectivity index (χ1n) is 6.69. The zero-order valence-corrected chi connectivity index (χ0v) is 11.8. The Labute approximate surface area is 126 Å². The molecule has 0 aliphatic carbocycles. The molecule has 0 unspecified atom stereocenters. The van der Waals surface area contributed by atoms with Crippen molar-refractivity contribution < 1.29 is 4.39 Å². The molecule has 1 heterocycles. The summed E-state index contributed by atoms with van der Waals surface area (Å²) in [6.45, 7) is 0. The summed E-state index contributed by atoms with van der Waals surface area (Å²) in [4.78, 5) is 0. The quantitative estimate of drug-likeness (QED) is 0.432. The minimum absolute atomic E-state index is 0.134. The molecule has 0 spiro atoms. The standard InChI is InChI=1S/C18H11ClFN/c19-15-11-12(9-10-16(15)20)21-17-7-3-1-5-13(17)14-6-2-4-8-18(14)21/h1-11H. The molecule has 0 fully saturated rings. The van der Waals surface area contributed by atoms with Crippen molar-refractivity contribution in [2.24, 2.45) is 0 Å². The summed E-state index contributed by atoms with van der Waals surface area (Å²) in [6.07, 6.45) is 0. The van der Waals surface area contributed by atoms with Crippen LogP contribution < -0.4 is 0 Å². The molecule has 0 saturated heterocycles. The van der Waals surface area contributed by atoms with Crippen molar-refractivity contribution >= 4 is 33.4 Å². The van der Waals surface area contributed by atoms with Crippen LogP contribution in [-0.4, -0.2) is 4.57 Å². The van der Waals surface area contributed by atoms with Gasteiger partial charge in [0.05, 0.1) is 16.1 Å². The van der Waals surface area contributed by atoms with Crippen LogP contribution in [0, 0.1) is 5.82 Å². The highest BCUT2D eigenvalue weighted by Crippen LogP contribution is 2.32. The van der Waals surface area contributed by atoms with Crippen molar-refractivity contribution in [2.75, 3.05) is 0 Å². The lowest BCUT2D eigenvalue weighted by Crippen LogP contribution is -1.94. The number of nitrogens with zero attached hydrogens (tertiary/aromatic N) is 1. The fourth-order valence-electron chi connectivity index (χ4n) is 2.82. The Morgan fingerprint density at radius 2 is 1.33 bits per heavy atom. The lowest BCUT2D eigenvalue weighted by molar-refractivity contribution is 0.628. The molecule has 0 saturated carbocycles. The molecule has 3 heteroatoms. The molecule has 3 aromatic carbocycles. The topological polar surface area (TPSA) is 4.93 Å². The number of benzene rings is 3. The first-order valence-corrected chi connectivity index (χ1v) is 7.07. The predicted molar refractivity (Wildman–Crippen MR) is 85.7 cm³/mol. The van der Waals surface area contributed by atoms with E-state index < -0.39 is 5.82 Å². The Morgan fingerprint density at radius 1 is 0.762 bits per heavy atom. The van der Waals surface area contributed by atoms with E-state index in [1.165, 1.54) is 16.8 Å². The van der Waals surface area contributed by atoms with E-state index in [0.29, 0.717) is 0 Å². The number of rotatable bonds is 1.